The maximum absolute atomic E-state index is 15.0. The van der Waals surface area contributed by atoms with Crippen molar-refractivity contribution in [2.24, 2.45) is 4.36 Å². The fourth-order valence-corrected chi connectivity index (χ4v) is 5.79. The van der Waals surface area contributed by atoms with Crippen LogP contribution < -0.4 is 10.2 Å². The zero-order chi connectivity index (χ0) is 25.9. The molecule has 2 heterocycles. The molecule has 190 valence electrons. The van der Waals surface area contributed by atoms with Crippen LogP contribution in [0.25, 0.3) is 5.57 Å². The van der Waals surface area contributed by atoms with Crippen LogP contribution in [-0.4, -0.2) is 57.9 Å². The summed E-state index contributed by atoms with van der Waals surface area (Å²) in [6.45, 7) is 1.70. The summed E-state index contributed by atoms with van der Waals surface area (Å²) in [5.41, 5.74) is 1.61. The van der Waals surface area contributed by atoms with Gasteiger partial charge in [-0.05, 0) is 35.8 Å². The zero-order valence-corrected chi connectivity index (χ0v) is 20.4. The van der Waals surface area contributed by atoms with Gasteiger partial charge < -0.3 is 15.2 Å². The third-order valence-electron chi connectivity index (χ3n) is 5.95. The largest absolute Gasteiger partial charge is 0.442 e. The molecule has 0 spiro atoms. The molecule has 0 bridgehead atoms. The summed E-state index contributed by atoms with van der Waals surface area (Å²) in [7, 11) is -2.93. The minimum absolute atomic E-state index is 0.0416. The minimum Gasteiger partial charge on any atom is -0.442 e. The summed E-state index contributed by atoms with van der Waals surface area (Å²) in [5.74, 6) is -1.66. The van der Waals surface area contributed by atoms with E-state index in [1.807, 2.05) is 0 Å². The van der Waals surface area contributed by atoms with E-state index in [2.05, 4.69) is 9.68 Å². The Morgan fingerprint density at radius 2 is 2.03 bits per heavy atom. The molecule has 3 amide bonds. The Morgan fingerprint density at radius 3 is 2.67 bits per heavy atom. The first-order valence-corrected chi connectivity index (χ1v) is 13.2. The van der Waals surface area contributed by atoms with Crippen molar-refractivity contribution >= 4 is 38.9 Å². The van der Waals surface area contributed by atoms with Crippen LogP contribution in [0.5, 0.6) is 0 Å². The first-order chi connectivity index (χ1) is 17.1. The Bertz CT molecular complexity index is 1340. The van der Waals surface area contributed by atoms with Crippen molar-refractivity contribution in [3.05, 3.63) is 71.6 Å². The molecular weight excluding hydrogens is 489 g/mol. The van der Waals surface area contributed by atoms with Crippen LogP contribution in [0.2, 0.25) is 0 Å². The predicted octanol–water partition coefficient (Wildman–Crippen LogP) is 2.80. The zero-order valence-electron chi connectivity index (χ0n) is 19.6. The van der Waals surface area contributed by atoms with E-state index in [0.29, 0.717) is 22.4 Å². The number of aliphatic hydroxyl groups excluding tert-OH is 1. The van der Waals surface area contributed by atoms with E-state index >= 15 is 4.39 Å². The molecule has 9 nitrogen and oxygen atoms in total. The van der Waals surface area contributed by atoms with Gasteiger partial charge in [0.1, 0.15) is 11.9 Å². The van der Waals surface area contributed by atoms with Crippen molar-refractivity contribution < 1.29 is 32.8 Å². The fraction of sp³-hybridized carbons (Fsp3) is 0.320. The summed E-state index contributed by atoms with van der Waals surface area (Å²) < 4.78 is 37.1. The molecule has 36 heavy (non-hydrogen) atoms. The number of rotatable bonds is 6. The molecule has 2 aromatic carbocycles. The maximum atomic E-state index is 15.0. The van der Waals surface area contributed by atoms with Gasteiger partial charge in [-0.25, -0.2) is 13.4 Å². The highest BCUT2D eigenvalue weighted by Crippen LogP contribution is 2.31. The molecule has 1 saturated heterocycles. The summed E-state index contributed by atoms with van der Waals surface area (Å²) in [4.78, 5) is 36.9. The average molecular weight is 516 g/mol. The lowest BCUT2D eigenvalue weighted by Gasteiger charge is -2.19. The van der Waals surface area contributed by atoms with Crippen LogP contribution in [0.3, 0.4) is 0 Å². The van der Waals surface area contributed by atoms with E-state index < -0.39 is 39.8 Å². The number of allylic oxidation sites excluding steroid dienone is 1. The molecule has 1 fully saturated rings. The van der Waals surface area contributed by atoms with Crippen molar-refractivity contribution in [2.45, 2.75) is 25.6 Å². The summed E-state index contributed by atoms with van der Waals surface area (Å²) in [6, 6.07) is 12.6. The van der Waals surface area contributed by atoms with Gasteiger partial charge in [-0.2, -0.15) is 4.36 Å². The van der Waals surface area contributed by atoms with Crippen molar-refractivity contribution in [3.63, 3.8) is 0 Å². The highest BCUT2D eigenvalue weighted by Gasteiger charge is 2.33. The highest BCUT2D eigenvalue weighted by molar-refractivity contribution is 7.94. The van der Waals surface area contributed by atoms with Crippen LogP contribution in [0.15, 0.2) is 59.0 Å². The van der Waals surface area contributed by atoms with Crippen LogP contribution >= 0.6 is 0 Å². The second-order valence-electron chi connectivity index (χ2n) is 8.58. The number of anilines is 1. The van der Waals surface area contributed by atoms with E-state index in [1.165, 1.54) is 17.9 Å². The van der Waals surface area contributed by atoms with Gasteiger partial charge in [-0.1, -0.05) is 36.4 Å². The molecule has 0 aliphatic carbocycles. The van der Waals surface area contributed by atoms with Crippen LogP contribution in [-0.2, 0) is 24.1 Å². The number of hydrogen-bond donors (Lipinski definition) is 2. The number of cyclic esters (lactones) is 1. The summed E-state index contributed by atoms with van der Waals surface area (Å²) in [6.07, 6.45) is -0.820. The number of nitrogens with one attached hydrogen (secondary N) is 1. The van der Waals surface area contributed by atoms with E-state index in [0.717, 1.165) is 0 Å². The highest BCUT2D eigenvalue weighted by atomic mass is 32.2. The standard InChI is InChI=1S/C25H26FN3O6S/c1-16(30)27-14-20-15-29(25(33)35-20)19-7-8-21(22(26)13-19)17-9-11-36(34,12-10-17)28-24(32)23(31)18-5-3-2-4-6-18/h2-9,13,20,23,31H,10-12,14-15H2,1H3,(H,27,30)/t20?,23-,36?/m1/s1. The van der Waals surface area contributed by atoms with Gasteiger partial charge >= 0.3 is 6.09 Å². The number of carbonyl (C=O) groups is 3. The number of nitrogens with zero attached hydrogens (tertiary/aromatic N) is 2. The van der Waals surface area contributed by atoms with Crippen LogP contribution in [0.1, 0.15) is 30.6 Å². The van der Waals surface area contributed by atoms with Gasteiger partial charge in [0, 0.05) is 18.2 Å². The SMILES string of the molecule is CC(=O)NCC1CN(c2ccc(C3=CCS(=O)(=NC(=O)[C@H](O)c4ccccc4)CC3)c(F)c2)C(=O)O1. The molecule has 3 atom stereocenters. The van der Waals surface area contributed by atoms with Crippen LogP contribution in [0.4, 0.5) is 14.9 Å². The van der Waals surface area contributed by atoms with Gasteiger partial charge in [0.25, 0.3) is 5.91 Å². The Morgan fingerprint density at radius 1 is 1.28 bits per heavy atom. The van der Waals surface area contributed by atoms with Gasteiger partial charge in [-0.3, -0.25) is 14.5 Å². The monoisotopic (exact) mass is 515 g/mol. The molecule has 2 aliphatic heterocycles. The molecule has 2 unspecified atom stereocenters. The van der Waals surface area contributed by atoms with Crippen molar-refractivity contribution in [1.82, 2.24) is 5.32 Å². The first-order valence-electron chi connectivity index (χ1n) is 11.4. The number of benzene rings is 2. The lowest BCUT2D eigenvalue weighted by atomic mass is 10.0. The molecule has 2 N–H and O–H groups in total. The number of amides is 3. The van der Waals surface area contributed by atoms with E-state index in [-0.39, 0.29) is 36.9 Å². The molecule has 2 aromatic rings. The van der Waals surface area contributed by atoms with Gasteiger partial charge in [0.15, 0.2) is 6.10 Å². The van der Waals surface area contributed by atoms with E-state index in [4.69, 9.17) is 4.74 Å². The fourth-order valence-electron chi connectivity index (χ4n) is 4.03. The molecule has 0 aromatic heterocycles. The second kappa shape index (κ2) is 10.6. The van der Waals surface area contributed by atoms with Crippen molar-refractivity contribution in [3.8, 4) is 0 Å². The Kier molecular flexibility index (Phi) is 7.51. The number of hydrogen-bond acceptors (Lipinski definition) is 6. The molecule has 11 heteroatoms. The van der Waals surface area contributed by atoms with Gasteiger partial charge in [0.05, 0.1) is 34.3 Å². The molecule has 4 rings (SSSR count). The number of aliphatic hydroxyl groups is 1. The summed E-state index contributed by atoms with van der Waals surface area (Å²) in [5, 5.41) is 12.8. The van der Waals surface area contributed by atoms with Gasteiger partial charge in [-0.15, -0.1) is 0 Å². The average Bonchev–Trinajstić information content (AvgIpc) is 3.23. The second-order valence-corrected chi connectivity index (χ2v) is 11.1. The van der Waals surface area contributed by atoms with Crippen molar-refractivity contribution in [1.29, 1.82) is 0 Å². The molecule has 0 saturated carbocycles. The Balaban J connectivity index is 1.45. The molecular formula is C25H26FN3O6S. The Hall–Kier alpha value is -3.57. The number of carbonyl (C=O) groups excluding carboxylic acids is 3. The van der Waals surface area contributed by atoms with Crippen LogP contribution in [0, 0.1) is 5.82 Å². The first kappa shape index (κ1) is 25.5. The molecule has 0 radical (unpaired) electrons. The topological polar surface area (TPSA) is 125 Å². The smallest absolute Gasteiger partial charge is 0.414 e. The Labute approximate surface area is 208 Å². The van der Waals surface area contributed by atoms with Gasteiger partial charge in [0.2, 0.25) is 5.91 Å². The number of halogens is 1. The summed E-state index contributed by atoms with van der Waals surface area (Å²) >= 11 is 0. The number of ether oxygens (including phenoxy) is 1. The lowest BCUT2D eigenvalue weighted by Crippen LogP contribution is -2.33. The predicted molar refractivity (Wildman–Crippen MR) is 132 cm³/mol. The van der Waals surface area contributed by atoms with Crippen molar-refractivity contribution in [2.75, 3.05) is 29.5 Å². The third kappa shape index (κ3) is 5.80. The van der Waals surface area contributed by atoms with E-state index in [9.17, 15) is 23.7 Å². The third-order valence-corrected chi connectivity index (χ3v) is 7.99. The lowest BCUT2D eigenvalue weighted by molar-refractivity contribution is -0.125. The normalized spacial score (nSPS) is 22.4. The molecule has 2 aliphatic rings. The maximum Gasteiger partial charge on any atom is 0.414 e. The quantitative estimate of drug-likeness (QED) is 0.610. The van der Waals surface area contributed by atoms with E-state index in [1.54, 1.807) is 48.5 Å². The minimum atomic E-state index is -2.93.